The highest BCUT2D eigenvalue weighted by molar-refractivity contribution is 5.47. The average Bonchev–Trinajstić information content (AvgIpc) is 2.37. The molecule has 1 fully saturated rings. The molecule has 2 N–H and O–H groups in total. The summed E-state index contributed by atoms with van der Waals surface area (Å²) in [6.07, 6.45) is 3.53. The molecule has 0 amide bonds. The van der Waals surface area contributed by atoms with E-state index in [2.05, 4.69) is 50.4 Å². The first-order valence-corrected chi connectivity index (χ1v) is 7.01. The SMILES string of the molecule is Cc1ccc(NC2(CO)CC(C)CCC2C)cc1. The molecule has 3 unspecified atom stereocenters. The van der Waals surface area contributed by atoms with Crippen LogP contribution >= 0.6 is 0 Å². The minimum atomic E-state index is -0.146. The minimum absolute atomic E-state index is 0.146. The number of anilines is 1. The molecule has 2 heteroatoms. The maximum atomic E-state index is 9.88. The number of hydrogen-bond acceptors (Lipinski definition) is 2. The highest BCUT2D eigenvalue weighted by atomic mass is 16.3. The molecule has 1 aliphatic carbocycles. The predicted octanol–water partition coefficient (Wildman–Crippen LogP) is 3.59. The number of aryl methyl sites for hydroxylation is 1. The summed E-state index contributed by atoms with van der Waals surface area (Å²) in [6, 6.07) is 8.45. The second-order valence-electron chi connectivity index (χ2n) is 6.09. The van der Waals surface area contributed by atoms with Crippen molar-refractivity contribution in [1.82, 2.24) is 0 Å². The van der Waals surface area contributed by atoms with Gasteiger partial charge in [-0.1, -0.05) is 38.0 Å². The summed E-state index contributed by atoms with van der Waals surface area (Å²) >= 11 is 0. The molecule has 100 valence electrons. The first kappa shape index (κ1) is 13.4. The molecule has 1 aliphatic rings. The molecular weight excluding hydrogens is 222 g/mol. The van der Waals surface area contributed by atoms with Crippen molar-refractivity contribution >= 4 is 5.69 Å². The van der Waals surface area contributed by atoms with Gasteiger partial charge >= 0.3 is 0 Å². The van der Waals surface area contributed by atoms with Crippen molar-refractivity contribution in [3.8, 4) is 0 Å². The molecule has 3 atom stereocenters. The van der Waals surface area contributed by atoms with Crippen molar-refractivity contribution in [3.63, 3.8) is 0 Å². The second kappa shape index (κ2) is 5.31. The molecule has 2 rings (SSSR count). The van der Waals surface area contributed by atoms with E-state index < -0.39 is 0 Å². The van der Waals surface area contributed by atoms with E-state index >= 15 is 0 Å². The number of benzene rings is 1. The summed E-state index contributed by atoms with van der Waals surface area (Å²) in [7, 11) is 0. The van der Waals surface area contributed by atoms with Gasteiger partial charge in [0, 0.05) is 5.69 Å². The van der Waals surface area contributed by atoms with Crippen LogP contribution in [0.2, 0.25) is 0 Å². The summed E-state index contributed by atoms with van der Waals surface area (Å²) in [5, 5.41) is 13.5. The molecule has 0 radical (unpaired) electrons. The van der Waals surface area contributed by atoms with Crippen molar-refractivity contribution in [2.75, 3.05) is 11.9 Å². The van der Waals surface area contributed by atoms with E-state index in [9.17, 15) is 5.11 Å². The lowest BCUT2D eigenvalue weighted by atomic mass is 9.70. The van der Waals surface area contributed by atoms with E-state index in [-0.39, 0.29) is 12.1 Å². The zero-order valence-electron chi connectivity index (χ0n) is 11.7. The molecule has 0 spiro atoms. The molecule has 18 heavy (non-hydrogen) atoms. The van der Waals surface area contributed by atoms with Crippen LogP contribution in [-0.2, 0) is 0 Å². The number of hydrogen-bond donors (Lipinski definition) is 2. The van der Waals surface area contributed by atoms with Crippen LogP contribution in [-0.4, -0.2) is 17.3 Å². The van der Waals surface area contributed by atoms with E-state index in [1.165, 1.54) is 18.4 Å². The third-order valence-electron chi connectivity index (χ3n) is 4.48. The number of rotatable bonds is 3. The Kier molecular flexibility index (Phi) is 3.96. The number of nitrogens with one attached hydrogen (secondary N) is 1. The van der Waals surface area contributed by atoms with Crippen molar-refractivity contribution in [1.29, 1.82) is 0 Å². The van der Waals surface area contributed by atoms with Crippen LogP contribution in [0, 0.1) is 18.8 Å². The van der Waals surface area contributed by atoms with Crippen molar-refractivity contribution < 1.29 is 5.11 Å². The van der Waals surface area contributed by atoms with Crippen LogP contribution in [0.1, 0.15) is 38.7 Å². The van der Waals surface area contributed by atoms with E-state index in [1.54, 1.807) is 0 Å². The maximum absolute atomic E-state index is 9.88. The fourth-order valence-electron chi connectivity index (χ4n) is 3.09. The van der Waals surface area contributed by atoms with Crippen LogP contribution in [0.25, 0.3) is 0 Å². The molecule has 0 aliphatic heterocycles. The smallest absolute Gasteiger partial charge is 0.0664 e. The second-order valence-corrected chi connectivity index (χ2v) is 6.09. The van der Waals surface area contributed by atoms with Gasteiger partial charge in [0.15, 0.2) is 0 Å². The topological polar surface area (TPSA) is 32.3 Å². The van der Waals surface area contributed by atoms with Gasteiger partial charge in [-0.2, -0.15) is 0 Å². The van der Waals surface area contributed by atoms with Gasteiger partial charge in [-0.3, -0.25) is 0 Å². The standard InChI is InChI=1S/C16H25NO/c1-12-5-8-15(9-6-12)17-16(11-18)10-13(2)4-7-14(16)3/h5-6,8-9,13-14,17-18H,4,7,10-11H2,1-3H3. The Labute approximate surface area is 110 Å². The molecule has 0 bridgehead atoms. The molecule has 0 aromatic heterocycles. The highest BCUT2D eigenvalue weighted by Gasteiger charge is 2.40. The van der Waals surface area contributed by atoms with E-state index in [0.29, 0.717) is 11.8 Å². The fourth-order valence-corrected chi connectivity index (χ4v) is 3.09. The summed E-state index contributed by atoms with van der Waals surface area (Å²) in [6.45, 7) is 6.85. The van der Waals surface area contributed by atoms with Crippen LogP contribution in [0.3, 0.4) is 0 Å². The lowest BCUT2D eigenvalue weighted by molar-refractivity contribution is 0.103. The van der Waals surface area contributed by atoms with Crippen LogP contribution in [0.4, 0.5) is 5.69 Å². The van der Waals surface area contributed by atoms with Gasteiger partial charge in [0.05, 0.1) is 12.1 Å². The predicted molar refractivity (Wildman–Crippen MR) is 76.8 cm³/mol. The van der Waals surface area contributed by atoms with Gasteiger partial charge < -0.3 is 10.4 Å². The summed E-state index contributed by atoms with van der Waals surface area (Å²) in [5.74, 6) is 1.20. The summed E-state index contributed by atoms with van der Waals surface area (Å²) < 4.78 is 0. The quantitative estimate of drug-likeness (QED) is 0.855. The molecular formula is C16H25NO. The van der Waals surface area contributed by atoms with Gasteiger partial charge in [-0.15, -0.1) is 0 Å². The molecule has 0 heterocycles. The van der Waals surface area contributed by atoms with Gasteiger partial charge in [-0.05, 0) is 43.7 Å². The molecule has 1 aromatic carbocycles. The minimum Gasteiger partial charge on any atom is -0.394 e. The van der Waals surface area contributed by atoms with E-state index in [1.807, 2.05) is 0 Å². The number of aliphatic hydroxyl groups excluding tert-OH is 1. The Bertz CT molecular complexity index is 387. The first-order valence-electron chi connectivity index (χ1n) is 7.01. The van der Waals surface area contributed by atoms with Crippen molar-refractivity contribution in [2.45, 2.75) is 45.6 Å². The van der Waals surface area contributed by atoms with Gasteiger partial charge in [0.25, 0.3) is 0 Å². The monoisotopic (exact) mass is 247 g/mol. The van der Waals surface area contributed by atoms with Gasteiger partial charge in [-0.25, -0.2) is 0 Å². The zero-order valence-corrected chi connectivity index (χ0v) is 11.7. The van der Waals surface area contributed by atoms with Crippen molar-refractivity contribution in [2.24, 2.45) is 11.8 Å². The summed E-state index contributed by atoms with van der Waals surface area (Å²) in [4.78, 5) is 0. The lowest BCUT2D eigenvalue weighted by Gasteiger charge is -2.45. The Morgan fingerprint density at radius 3 is 2.50 bits per heavy atom. The Morgan fingerprint density at radius 1 is 1.22 bits per heavy atom. The Balaban J connectivity index is 2.18. The average molecular weight is 247 g/mol. The number of aliphatic hydroxyl groups is 1. The molecule has 0 saturated heterocycles. The molecule has 1 aromatic rings. The van der Waals surface area contributed by atoms with Crippen molar-refractivity contribution in [3.05, 3.63) is 29.8 Å². The molecule has 2 nitrogen and oxygen atoms in total. The van der Waals surface area contributed by atoms with Gasteiger partial charge in [0.2, 0.25) is 0 Å². The molecule has 1 saturated carbocycles. The zero-order chi connectivity index (χ0) is 13.2. The third-order valence-corrected chi connectivity index (χ3v) is 4.48. The van der Waals surface area contributed by atoms with Gasteiger partial charge in [0.1, 0.15) is 0 Å². The Morgan fingerprint density at radius 2 is 1.89 bits per heavy atom. The normalized spacial score (nSPS) is 32.2. The highest BCUT2D eigenvalue weighted by Crippen LogP contribution is 2.39. The maximum Gasteiger partial charge on any atom is 0.0664 e. The first-order chi connectivity index (χ1) is 8.55. The Hall–Kier alpha value is -1.02. The van der Waals surface area contributed by atoms with Crippen LogP contribution in [0.5, 0.6) is 0 Å². The fraction of sp³-hybridized carbons (Fsp3) is 0.625. The van der Waals surface area contributed by atoms with Crippen LogP contribution < -0.4 is 5.32 Å². The lowest BCUT2D eigenvalue weighted by Crippen LogP contribution is -2.51. The van der Waals surface area contributed by atoms with E-state index in [4.69, 9.17) is 0 Å². The largest absolute Gasteiger partial charge is 0.394 e. The summed E-state index contributed by atoms with van der Waals surface area (Å²) in [5.41, 5.74) is 2.24. The van der Waals surface area contributed by atoms with E-state index in [0.717, 1.165) is 12.1 Å². The third kappa shape index (κ3) is 2.69. The van der Waals surface area contributed by atoms with Crippen LogP contribution in [0.15, 0.2) is 24.3 Å².